The van der Waals surface area contributed by atoms with Crippen molar-refractivity contribution in [1.82, 2.24) is 9.47 Å². The van der Waals surface area contributed by atoms with Crippen LogP contribution in [0.2, 0.25) is 0 Å². The van der Waals surface area contributed by atoms with Crippen molar-refractivity contribution in [1.29, 1.82) is 0 Å². The van der Waals surface area contributed by atoms with E-state index in [1.165, 1.54) is 0 Å². The van der Waals surface area contributed by atoms with Crippen LogP contribution in [-0.4, -0.2) is 42.3 Å². The molecule has 2 heterocycles. The van der Waals surface area contributed by atoms with Gasteiger partial charge in [-0.25, -0.2) is 0 Å². The minimum absolute atomic E-state index is 0.0650. The van der Waals surface area contributed by atoms with Gasteiger partial charge in [-0.2, -0.15) is 0 Å². The molecule has 0 unspecified atom stereocenters. The third-order valence-corrected chi connectivity index (χ3v) is 3.39. The van der Waals surface area contributed by atoms with E-state index in [1.807, 2.05) is 6.20 Å². The second-order valence-corrected chi connectivity index (χ2v) is 5.10. The van der Waals surface area contributed by atoms with Gasteiger partial charge >= 0.3 is 0 Å². The number of aryl methyl sites for hydroxylation is 1. The van der Waals surface area contributed by atoms with Gasteiger partial charge in [0, 0.05) is 42.9 Å². The fraction of sp³-hybridized carbons (Fsp3) is 0.583. The molecule has 0 N–H and O–H groups in total. The highest BCUT2D eigenvalue weighted by molar-refractivity contribution is 9.10. The summed E-state index contributed by atoms with van der Waals surface area (Å²) in [7, 11) is 0. The van der Waals surface area contributed by atoms with Gasteiger partial charge in [0.15, 0.2) is 0 Å². The summed E-state index contributed by atoms with van der Waals surface area (Å²) >= 11 is 3.38. The molecule has 4 nitrogen and oxygen atoms in total. The van der Waals surface area contributed by atoms with Crippen LogP contribution in [0.3, 0.4) is 0 Å². The normalized spacial score (nSPS) is 17.2. The zero-order valence-corrected chi connectivity index (χ0v) is 11.4. The van der Waals surface area contributed by atoms with Crippen LogP contribution >= 0.6 is 15.9 Å². The van der Waals surface area contributed by atoms with Crippen molar-refractivity contribution in [2.75, 3.05) is 32.8 Å². The van der Waals surface area contributed by atoms with Crippen molar-refractivity contribution in [3.63, 3.8) is 0 Å². The largest absolute Gasteiger partial charge is 0.379 e. The molecule has 0 amide bonds. The van der Waals surface area contributed by atoms with E-state index in [2.05, 4.69) is 20.8 Å². The third-order valence-electron chi connectivity index (χ3n) is 2.92. The first-order chi connectivity index (χ1) is 8.25. The fourth-order valence-electron chi connectivity index (χ4n) is 1.97. The van der Waals surface area contributed by atoms with E-state index in [0.717, 1.165) is 50.3 Å². The number of aromatic nitrogens is 1. The zero-order valence-electron chi connectivity index (χ0n) is 9.77. The van der Waals surface area contributed by atoms with Gasteiger partial charge in [-0.3, -0.25) is 9.69 Å². The summed E-state index contributed by atoms with van der Waals surface area (Å²) in [6, 6.07) is 3.37. The monoisotopic (exact) mass is 300 g/mol. The molecule has 5 heteroatoms. The molecule has 1 aromatic heterocycles. The van der Waals surface area contributed by atoms with E-state index in [9.17, 15) is 4.79 Å². The lowest BCUT2D eigenvalue weighted by atomic mass is 10.3. The molecule has 0 spiro atoms. The molecule has 1 aromatic rings. The predicted octanol–water partition coefficient (Wildman–Crippen LogP) is 1.33. The van der Waals surface area contributed by atoms with Crippen LogP contribution in [0.1, 0.15) is 6.42 Å². The van der Waals surface area contributed by atoms with Gasteiger partial charge in [-0.05, 0) is 28.4 Å². The van der Waals surface area contributed by atoms with Gasteiger partial charge in [0.05, 0.1) is 13.2 Å². The first-order valence-corrected chi connectivity index (χ1v) is 6.71. The molecule has 0 aliphatic carbocycles. The number of nitrogens with zero attached hydrogens (tertiary/aromatic N) is 2. The van der Waals surface area contributed by atoms with E-state index >= 15 is 0 Å². The summed E-state index contributed by atoms with van der Waals surface area (Å²) in [5.74, 6) is 0. The molecule has 2 rings (SSSR count). The van der Waals surface area contributed by atoms with Crippen molar-refractivity contribution in [2.24, 2.45) is 0 Å². The number of morpholine rings is 1. The highest BCUT2D eigenvalue weighted by Gasteiger charge is 2.09. The molecule has 1 saturated heterocycles. The SMILES string of the molecule is O=c1ccc(Br)cn1CCCN1CCOCC1. The van der Waals surface area contributed by atoms with Crippen LogP contribution in [0.5, 0.6) is 0 Å². The predicted molar refractivity (Wildman–Crippen MR) is 70.3 cm³/mol. The van der Waals surface area contributed by atoms with Crippen molar-refractivity contribution in [3.8, 4) is 0 Å². The standard InChI is InChI=1S/C12H17BrN2O2/c13-11-2-3-12(16)15(10-11)5-1-4-14-6-8-17-9-7-14/h2-3,10H,1,4-9H2. The maximum absolute atomic E-state index is 11.6. The molecule has 17 heavy (non-hydrogen) atoms. The first kappa shape index (κ1) is 12.8. The third kappa shape index (κ3) is 3.94. The Hall–Kier alpha value is -0.650. The van der Waals surface area contributed by atoms with E-state index in [-0.39, 0.29) is 5.56 Å². The van der Waals surface area contributed by atoms with Crippen LogP contribution in [-0.2, 0) is 11.3 Å². The first-order valence-electron chi connectivity index (χ1n) is 5.92. The number of ether oxygens (including phenoxy) is 1. The highest BCUT2D eigenvalue weighted by Crippen LogP contribution is 2.05. The van der Waals surface area contributed by atoms with Gasteiger partial charge in [-0.1, -0.05) is 0 Å². The zero-order chi connectivity index (χ0) is 12.1. The van der Waals surface area contributed by atoms with Crippen LogP contribution in [0.4, 0.5) is 0 Å². The van der Waals surface area contributed by atoms with E-state index in [0.29, 0.717) is 0 Å². The second kappa shape index (κ2) is 6.33. The number of hydrogen-bond acceptors (Lipinski definition) is 3. The summed E-state index contributed by atoms with van der Waals surface area (Å²) in [6.45, 7) is 5.48. The number of pyridine rings is 1. The van der Waals surface area contributed by atoms with Crippen LogP contribution in [0, 0.1) is 0 Å². The average Bonchev–Trinajstić information content (AvgIpc) is 2.35. The quantitative estimate of drug-likeness (QED) is 0.841. The van der Waals surface area contributed by atoms with Gasteiger partial charge in [0.25, 0.3) is 5.56 Å². The number of hydrogen-bond donors (Lipinski definition) is 0. The number of halogens is 1. The molecule has 0 aromatic carbocycles. The maximum Gasteiger partial charge on any atom is 0.250 e. The van der Waals surface area contributed by atoms with Crippen molar-refractivity contribution in [2.45, 2.75) is 13.0 Å². The molecule has 0 bridgehead atoms. The topological polar surface area (TPSA) is 34.5 Å². The van der Waals surface area contributed by atoms with E-state index in [4.69, 9.17) is 4.74 Å². The fourth-order valence-corrected chi connectivity index (χ4v) is 2.35. The Kier molecular flexibility index (Phi) is 4.76. The highest BCUT2D eigenvalue weighted by atomic mass is 79.9. The summed E-state index contributed by atoms with van der Waals surface area (Å²) < 4.78 is 8.00. The Morgan fingerprint density at radius 3 is 2.76 bits per heavy atom. The Bertz CT molecular complexity index is 413. The Morgan fingerprint density at radius 2 is 2.00 bits per heavy atom. The number of rotatable bonds is 4. The molecule has 1 fully saturated rings. The minimum atomic E-state index is 0.0650. The summed E-state index contributed by atoms with van der Waals surface area (Å²) in [5, 5.41) is 0. The van der Waals surface area contributed by atoms with E-state index in [1.54, 1.807) is 16.7 Å². The van der Waals surface area contributed by atoms with Crippen molar-refractivity contribution < 1.29 is 4.74 Å². The molecule has 0 saturated carbocycles. The van der Waals surface area contributed by atoms with Gasteiger partial charge in [0.2, 0.25) is 0 Å². The van der Waals surface area contributed by atoms with E-state index < -0.39 is 0 Å². The Labute approximate surface area is 109 Å². The summed E-state index contributed by atoms with van der Waals surface area (Å²) in [6.07, 6.45) is 2.85. The van der Waals surface area contributed by atoms with Gasteiger partial charge in [0.1, 0.15) is 0 Å². The maximum atomic E-state index is 11.6. The Balaban J connectivity index is 1.81. The Morgan fingerprint density at radius 1 is 1.24 bits per heavy atom. The minimum Gasteiger partial charge on any atom is -0.379 e. The second-order valence-electron chi connectivity index (χ2n) is 4.19. The average molecular weight is 301 g/mol. The van der Waals surface area contributed by atoms with Crippen LogP contribution < -0.4 is 5.56 Å². The molecular formula is C12H17BrN2O2. The summed E-state index contributed by atoms with van der Waals surface area (Å²) in [5.41, 5.74) is 0.0650. The van der Waals surface area contributed by atoms with Crippen LogP contribution in [0.25, 0.3) is 0 Å². The molecule has 1 aliphatic rings. The van der Waals surface area contributed by atoms with Crippen LogP contribution in [0.15, 0.2) is 27.6 Å². The van der Waals surface area contributed by atoms with Crippen molar-refractivity contribution in [3.05, 3.63) is 33.2 Å². The lowest BCUT2D eigenvalue weighted by Crippen LogP contribution is -2.37. The molecule has 1 aliphatic heterocycles. The molecule has 0 atom stereocenters. The molecular weight excluding hydrogens is 284 g/mol. The molecule has 0 radical (unpaired) electrons. The molecule has 94 valence electrons. The van der Waals surface area contributed by atoms with Gasteiger partial charge < -0.3 is 9.30 Å². The lowest BCUT2D eigenvalue weighted by Gasteiger charge is -2.26. The summed E-state index contributed by atoms with van der Waals surface area (Å²) in [4.78, 5) is 13.9. The van der Waals surface area contributed by atoms with Crippen molar-refractivity contribution >= 4 is 15.9 Å². The lowest BCUT2D eigenvalue weighted by molar-refractivity contribution is 0.0369. The smallest absolute Gasteiger partial charge is 0.250 e. The van der Waals surface area contributed by atoms with Gasteiger partial charge in [-0.15, -0.1) is 0 Å².